The largest absolute Gasteiger partial charge is 0.351 e. The minimum absolute atomic E-state index is 0.136. The maximum absolute atomic E-state index is 14.7. The van der Waals surface area contributed by atoms with Crippen molar-refractivity contribution in [2.75, 3.05) is 19.4 Å². The van der Waals surface area contributed by atoms with Crippen LogP contribution in [0.2, 0.25) is 0 Å². The zero-order valence-electron chi connectivity index (χ0n) is 20.1. The molecule has 1 aliphatic rings. The summed E-state index contributed by atoms with van der Waals surface area (Å²) in [5, 5.41) is 3.86. The first-order chi connectivity index (χ1) is 16.1. The van der Waals surface area contributed by atoms with E-state index in [1.54, 1.807) is 20.0 Å². The Balaban J connectivity index is 1.75. The van der Waals surface area contributed by atoms with Crippen LogP contribution in [0.4, 0.5) is 19.1 Å². The van der Waals surface area contributed by atoms with E-state index in [1.807, 2.05) is 0 Å². The minimum Gasteiger partial charge on any atom is -0.351 e. The van der Waals surface area contributed by atoms with Crippen LogP contribution in [0, 0.1) is 24.4 Å². The molecule has 6 nitrogen and oxygen atoms in total. The van der Waals surface area contributed by atoms with Gasteiger partial charge in [0.05, 0.1) is 5.56 Å². The summed E-state index contributed by atoms with van der Waals surface area (Å²) < 4.78 is 44.6. The topological polar surface area (TPSA) is 63.1 Å². The first-order valence-electron chi connectivity index (χ1n) is 11.6. The van der Waals surface area contributed by atoms with E-state index in [4.69, 9.17) is 0 Å². The molecule has 9 heteroatoms. The van der Waals surface area contributed by atoms with Crippen LogP contribution in [0.15, 0.2) is 23.1 Å². The Bertz CT molecular complexity index is 1280. The molecule has 4 rings (SSSR count). The molecule has 1 aliphatic carbocycles. The van der Waals surface area contributed by atoms with Gasteiger partial charge in [-0.1, -0.05) is 0 Å². The van der Waals surface area contributed by atoms with Gasteiger partial charge in [-0.25, -0.2) is 18.2 Å². The van der Waals surface area contributed by atoms with Crippen LogP contribution in [0.3, 0.4) is 0 Å². The van der Waals surface area contributed by atoms with Crippen molar-refractivity contribution in [2.24, 2.45) is 0 Å². The normalized spacial score (nSPS) is 18.8. The van der Waals surface area contributed by atoms with Gasteiger partial charge >= 0.3 is 0 Å². The lowest BCUT2D eigenvalue weighted by Crippen LogP contribution is -2.36. The number of nitrogens with zero attached hydrogens (tertiary/aromatic N) is 4. The van der Waals surface area contributed by atoms with Gasteiger partial charge in [-0.05, 0) is 72.7 Å². The second kappa shape index (κ2) is 9.37. The summed E-state index contributed by atoms with van der Waals surface area (Å²) in [5.41, 5.74) is -1.16. The second-order valence-corrected chi connectivity index (χ2v) is 9.57. The lowest BCUT2D eigenvalue weighted by molar-refractivity contribution is 0.221. The van der Waals surface area contributed by atoms with Gasteiger partial charge in [0.1, 0.15) is 11.5 Å². The summed E-state index contributed by atoms with van der Waals surface area (Å²) in [4.78, 5) is 24.6. The zero-order chi connectivity index (χ0) is 24.7. The number of anilines is 1. The molecule has 0 aliphatic heterocycles. The molecule has 0 atom stereocenters. The Morgan fingerprint density at radius 3 is 2.35 bits per heavy atom. The van der Waals surface area contributed by atoms with Crippen LogP contribution in [-0.4, -0.2) is 45.6 Å². The molecular formula is C25H30F3N5O. The molecule has 1 saturated carbocycles. The van der Waals surface area contributed by atoms with Crippen molar-refractivity contribution in [1.82, 2.24) is 19.4 Å². The fourth-order valence-corrected chi connectivity index (χ4v) is 4.66. The van der Waals surface area contributed by atoms with Gasteiger partial charge < -0.3 is 10.2 Å². The molecule has 0 radical (unpaired) electrons. The number of pyridine rings is 1. The summed E-state index contributed by atoms with van der Waals surface area (Å²) in [6.07, 6.45) is 5.69. The molecule has 2 heterocycles. The molecule has 1 N–H and O–H groups in total. The summed E-state index contributed by atoms with van der Waals surface area (Å²) in [6.45, 7) is 4.75. The SMILES string of the molecule is Cc1c(F)cc(-c2cc3cnc(NC4CCC(N(C)C)CC4)nc3n(C(C)C)c2=O)c(F)c1F. The Kier molecular flexibility index (Phi) is 6.66. The van der Waals surface area contributed by atoms with Crippen molar-refractivity contribution in [3.05, 3.63) is 51.7 Å². The van der Waals surface area contributed by atoms with Crippen LogP contribution in [0.5, 0.6) is 0 Å². The highest BCUT2D eigenvalue weighted by molar-refractivity contribution is 5.82. The summed E-state index contributed by atoms with van der Waals surface area (Å²) in [7, 11) is 4.19. The van der Waals surface area contributed by atoms with E-state index in [0.29, 0.717) is 23.0 Å². The molecule has 2 aromatic heterocycles. The predicted octanol–water partition coefficient (Wildman–Crippen LogP) is 5.05. The molecule has 0 amide bonds. The quantitative estimate of drug-likeness (QED) is 0.526. The van der Waals surface area contributed by atoms with Crippen LogP contribution in [0.25, 0.3) is 22.2 Å². The first-order valence-corrected chi connectivity index (χ1v) is 11.6. The monoisotopic (exact) mass is 473 g/mol. The molecule has 182 valence electrons. The minimum atomic E-state index is -1.30. The van der Waals surface area contributed by atoms with Crippen LogP contribution in [0.1, 0.15) is 51.1 Å². The highest BCUT2D eigenvalue weighted by atomic mass is 19.2. The zero-order valence-corrected chi connectivity index (χ0v) is 20.1. The maximum atomic E-state index is 14.7. The molecule has 1 aromatic carbocycles. The molecule has 0 bridgehead atoms. The number of benzene rings is 1. The number of nitrogens with one attached hydrogen (secondary N) is 1. The van der Waals surface area contributed by atoms with E-state index in [9.17, 15) is 18.0 Å². The van der Waals surface area contributed by atoms with Gasteiger partial charge in [-0.15, -0.1) is 0 Å². The Morgan fingerprint density at radius 2 is 1.74 bits per heavy atom. The molecule has 0 unspecified atom stereocenters. The molecular weight excluding hydrogens is 443 g/mol. The van der Waals surface area contributed by atoms with Gasteiger partial charge in [0, 0.05) is 40.8 Å². The third-order valence-corrected chi connectivity index (χ3v) is 6.73. The smallest absolute Gasteiger partial charge is 0.260 e. The number of hydrogen-bond donors (Lipinski definition) is 1. The number of fused-ring (bicyclic) bond motifs is 1. The fraction of sp³-hybridized carbons (Fsp3) is 0.480. The van der Waals surface area contributed by atoms with Crippen molar-refractivity contribution in [3.8, 4) is 11.1 Å². The van der Waals surface area contributed by atoms with Crippen molar-refractivity contribution in [2.45, 2.75) is 64.6 Å². The third kappa shape index (κ3) is 4.41. The Labute approximate surface area is 196 Å². The predicted molar refractivity (Wildman–Crippen MR) is 128 cm³/mol. The molecule has 0 saturated heterocycles. The van der Waals surface area contributed by atoms with Crippen molar-refractivity contribution in [3.63, 3.8) is 0 Å². The third-order valence-electron chi connectivity index (χ3n) is 6.73. The number of aromatic nitrogens is 3. The summed E-state index contributed by atoms with van der Waals surface area (Å²) in [5.74, 6) is -3.05. The number of halogens is 3. The average molecular weight is 474 g/mol. The van der Waals surface area contributed by atoms with Gasteiger partial charge in [0.25, 0.3) is 5.56 Å². The van der Waals surface area contributed by atoms with E-state index >= 15 is 0 Å². The lowest BCUT2D eigenvalue weighted by Gasteiger charge is -2.33. The van der Waals surface area contributed by atoms with Crippen LogP contribution in [-0.2, 0) is 0 Å². The Morgan fingerprint density at radius 1 is 1.06 bits per heavy atom. The standard InChI is InChI=1S/C25H30F3N5O/c1-13(2)33-23-15(10-19(24(33)34)18-11-20(26)14(3)21(27)22(18)28)12-29-25(31-23)30-16-6-8-17(9-7-16)32(4)5/h10-13,16-17H,6-9H2,1-5H3,(H,29,30,31). The number of rotatable bonds is 5. The van der Waals surface area contributed by atoms with E-state index in [1.165, 1.54) is 10.6 Å². The summed E-state index contributed by atoms with van der Waals surface area (Å²) >= 11 is 0. The summed E-state index contributed by atoms with van der Waals surface area (Å²) in [6, 6.07) is 2.74. The van der Waals surface area contributed by atoms with Crippen molar-refractivity contribution in [1.29, 1.82) is 0 Å². The van der Waals surface area contributed by atoms with Gasteiger partial charge in [0.2, 0.25) is 5.95 Å². The first kappa shape index (κ1) is 24.2. The van der Waals surface area contributed by atoms with E-state index in [0.717, 1.165) is 38.7 Å². The molecule has 0 spiro atoms. The number of hydrogen-bond acceptors (Lipinski definition) is 5. The van der Waals surface area contributed by atoms with E-state index in [2.05, 4.69) is 34.3 Å². The van der Waals surface area contributed by atoms with E-state index < -0.39 is 34.1 Å². The Hall–Kier alpha value is -2.94. The van der Waals surface area contributed by atoms with Crippen LogP contribution >= 0.6 is 0 Å². The van der Waals surface area contributed by atoms with Gasteiger partial charge in [-0.3, -0.25) is 9.36 Å². The maximum Gasteiger partial charge on any atom is 0.260 e. The second-order valence-electron chi connectivity index (χ2n) is 9.57. The van der Waals surface area contributed by atoms with Gasteiger partial charge in [-0.2, -0.15) is 4.98 Å². The highest BCUT2D eigenvalue weighted by Gasteiger charge is 2.24. The van der Waals surface area contributed by atoms with Crippen molar-refractivity contribution >= 4 is 17.0 Å². The van der Waals surface area contributed by atoms with Crippen LogP contribution < -0.4 is 10.9 Å². The van der Waals surface area contributed by atoms with E-state index in [-0.39, 0.29) is 17.6 Å². The average Bonchev–Trinajstić information content (AvgIpc) is 2.80. The highest BCUT2D eigenvalue weighted by Crippen LogP contribution is 2.29. The fourth-order valence-electron chi connectivity index (χ4n) is 4.66. The van der Waals surface area contributed by atoms with Crippen molar-refractivity contribution < 1.29 is 13.2 Å². The molecule has 34 heavy (non-hydrogen) atoms. The van der Waals surface area contributed by atoms with Gasteiger partial charge in [0.15, 0.2) is 11.6 Å². The molecule has 3 aromatic rings. The lowest BCUT2D eigenvalue weighted by atomic mass is 9.91. The molecule has 1 fully saturated rings.